The second kappa shape index (κ2) is 4.30. The van der Waals surface area contributed by atoms with Gasteiger partial charge in [0.2, 0.25) is 5.91 Å². The van der Waals surface area contributed by atoms with E-state index in [1.165, 1.54) is 4.68 Å². The molecule has 8 nitrogen and oxygen atoms in total. The molecule has 98 valence electrons. The highest BCUT2D eigenvalue weighted by atomic mass is 16.2. The second-order valence-corrected chi connectivity index (χ2v) is 4.42. The highest BCUT2D eigenvalue weighted by molar-refractivity contribution is 6.04. The molecular weight excluding hydrogens is 248 g/mol. The van der Waals surface area contributed by atoms with Gasteiger partial charge in [-0.05, 0) is 6.07 Å². The fraction of sp³-hybridized carbons (Fsp3) is 0.364. The van der Waals surface area contributed by atoms with Gasteiger partial charge in [0.05, 0.1) is 11.6 Å². The predicted octanol–water partition coefficient (Wildman–Crippen LogP) is -1.02. The van der Waals surface area contributed by atoms with E-state index < -0.39 is 0 Å². The van der Waals surface area contributed by atoms with Crippen molar-refractivity contribution in [3.8, 4) is 0 Å². The third-order valence-corrected chi connectivity index (χ3v) is 3.05. The summed E-state index contributed by atoms with van der Waals surface area (Å²) < 4.78 is 1.51. The topological polar surface area (TPSA) is 102 Å². The van der Waals surface area contributed by atoms with Gasteiger partial charge < -0.3 is 10.6 Å². The highest BCUT2D eigenvalue weighted by Crippen LogP contribution is 2.13. The van der Waals surface area contributed by atoms with E-state index in [0.717, 1.165) is 0 Å². The Hall–Kier alpha value is -2.51. The first-order valence-electron chi connectivity index (χ1n) is 5.87. The van der Waals surface area contributed by atoms with E-state index in [4.69, 9.17) is 0 Å². The van der Waals surface area contributed by atoms with Gasteiger partial charge >= 0.3 is 0 Å². The Morgan fingerprint density at radius 2 is 2.42 bits per heavy atom. The molecule has 0 spiro atoms. The summed E-state index contributed by atoms with van der Waals surface area (Å²) in [5, 5.41) is 13.2. The molecule has 19 heavy (non-hydrogen) atoms. The first-order chi connectivity index (χ1) is 9.15. The smallest absolute Gasteiger partial charge is 0.254 e. The van der Waals surface area contributed by atoms with Crippen molar-refractivity contribution in [2.75, 3.05) is 6.54 Å². The van der Waals surface area contributed by atoms with E-state index in [0.29, 0.717) is 29.7 Å². The Morgan fingerprint density at radius 3 is 3.16 bits per heavy atom. The predicted molar refractivity (Wildman–Crippen MR) is 65.2 cm³/mol. The van der Waals surface area contributed by atoms with Gasteiger partial charge in [0.1, 0.15) is 5.52 Å². The number of nitrogens with zero attached hydrogens (tertiary/aromatic N) is 4. The zero-order chi connectivity index (χ0) is 13.4. The van der Waals surface area contributed by atoms with Gasteiger partial charge in [0.15, 0.2) is 5.65 Å². The Bertz CT molecular complexity index is 664. The summed E-state index contributed by atoms with van der Waals surface area (Å²) in [7, 11) is 1.71. The summed E-state index contributed by atoms with van der Waals surface area (Å²) in [5.74, 6) is -0.320. The van der Waals surface area contributed by atoms with Crippen LogP contribution in [0.15, 0.2) is 12.3 Å². The standard InChI is InChI=1S/C11H12N6O2/c1-17-10-9(15-16-17)7(2-3-12-10)11(19)14-6-4-8(18)13-5-6/h2-3,6H,4-5H2,1H3,(H,13,18)(H,14,19). The number of hydrogen-bond donors (Lipinski definition) is 2. The first kappa shape index (κ1) is 11.6. The molecule has 1 aliphatic rings. The van der Waals surface area contributed by atoms with E-state index in [2.05, 4.69) is 25.9 Å². The largest absolute Gasteiger partial charge is 0.354 e. The molecule has 0 aliphatic carbocycles. The van der Waals surface area contributed by atoms with E-state index in [9.17, 15) is 9.59 Å². The Labute approximate surface area is 108 Å². The molecule has 3 heterocycles. The second-order valence-electron chi connectivity index (χ2n) is 4.42. The van der Waals surface area contributed by atoms with Crippen LogP contribution in [-0.2, 0) is 11.8 Å². The van der Waals surface area contributed by atoms with Gasteiger partial charge in [0, 0.05) is 26.2 Å². The normalized spacial score (nSPS) is 18.6. The molecule has 2 amide bonds. The quantitative estimate of drug-likeness (QED) is 0.719. The number of amides is 2. The monoisotopic (exact) mass is 260 g/mol. The highest BCUT2D eigenvalue weighted by Gasteiger charge is 2.24. The van der Waals surface area contributed by atoms with Crippen LogP contribution in [0, 0.1) is 0 Å². The molecule has 2 aromatic rings. The fourth-order valence-corrected chi connectivity index (χ4v) is 2.09. The molecule has 1 unspecified atom stereocenters. The number of carbonyl (C=O) groups excluding carboxylic acids is 2. The maximum atomic E-state index is 12.2. The molecule has 8 heteroatoms. The first-order valence-corrected chi connectivity index (χ1v) is 5.87. The van der Waals surface area contributed by atoms with Crippen molar-refractivity contribution in [3.63, 3.8) is 0 Å². The average Bonchev–Trinajstić information content (AvgIpc) is 2.96. The van der Waals surface area contributed by atoms with Gasteiger partial charge in [-0.2, -0.15) is 0 Å². The third kappa shape index (κ3) is 2.01. The van der Waals surface area contributed by atoms with Crippen LogP contribution in [0.4, 0.5) is 0 Å². The van der Waals surface area contributed by atoms with Gasteiger partial charge in [-0.3, -0.25) is 9.59 Å². The van der Waals surface area contributed by atoms with Crippen molar-refractivity contribution in [1.82, 2.24) is 30.6 Å². The molecule has 0 saturated carbocycles. The molecular formula is C11H12N6O2. The molecule has 2 aromatic heterocycles. The van der Waals surface area contributed by atoms with Crippen LogP contribution in [0.3, 0.4) is 0 Å². The molecule has 0 radical (unpaired) electrons. The molecule has 1 fully saturated rings. The molecule has 1 saturated heterocycles. The molecule has 1 aliphatic heterocycles. The van der Waals surface area contributed by atoms with Crippen molar-refractivity contribution >= 4 is 23.0 Å². The van der Waals surface area contributed by atoms with E-state index in [1.807, 2.05) is 0 Å². The molecule has 2 N–H and O–H groups in total. The molecule has 0 bridgehead atoms. The molecule has 1 atom stereocenters. The van der Waals surface area contributed by atoms with Crippen LogP contribution in [0.2, 0.25) is 0 Å². The Kier molecular flexibility index (Phi) is 2.62. The summed E-state index contributed by atoms with van der Waals surface area (Å²) in [5.41, 5.74) is 1.42. The van der Waals surface area contributed by atoms with Crippen LogP contribution in [0.5, 0.6) is 0 Å². The molecule has 0 aromatic carbocycles. The lowest BCUT2D eigenvalue weighted by molar-refractivity contribution is -0.119. The summed E-state index contributed by atoms with van der Waals surface area (Å²) >= 11 is 0. The zero-order valence-corrected chi connectivity index (χ0v) is 10.3. The average molecular weight is 260 g/mol. The Morgan fingerprint density at radius 1 is 1.58 bits per heavy atom. The minimum absolute atomic E-state index is 0.0512. The number of aryl methyl sites for hydroxylation is 1. The fourth-order valence-electron chi connectivity index (χ4n) is 2.09. The Balaban J connectivity index is 1.87. The summed E-state index contributed by atoms with van der Waals surface area (Å²) in [4.78, 5) is 27.4. The van der Waals surface area contributed by atoms with Gasteiger partial charge in [-0.25, -0.2) is 9.67 Å². The van der Waals surface area contributed by atoms with E-state index in [1.54, 1.807) is 19.3 Å². The van der Waals surface area contributed by atoms with Gasteiger partial charge in [0.25, 0.3) is 5.91 Å². The van der Waals surface area contributed by atoms with Gasteiger partial charge in [-0.1, -0.05) is 5.21 Å². The number of aromatic nitrogens is 4. The van der Waals surface area contributed by atoms with Crippen LogP contribution in [0.25, 0.3) is 11.2 Å². The van der Waals surface area contributed by atoms with Gasteiger partial charge in [-0.15, -0.1) is 5.10 Å². The number of pyridine rings is 1. The van der Waals surface area contributed by atoms with Crippen LogP contribution in [-0.4, -0.2) is 44.4 Å². The van der Waals surface area contributed by atoms with Crippen LogP contribution < -0.4 is 10.6 Å². The van der Waals surface area contributed by atoms with Crippen LogP contribution >= 0.6 is 0 Å². The van der Waals surface area contributed by atoms with E-state index >= 15 is 0 Å². The maximum absolute atomic E-state index is 12.2. The maximum Gasteiger partial charge on any atom is 0.254 e. The lowest BCUT2D eigenvalue weighted by Crippen LogP contribution is -2.36. The SMILES string of the molecule is Cn1nnc2c(C(=O)NC3CNC(=O)C3)ccnc21. The minimum Gasteiger partial charge on any atom is -0.354 e. The number of nitrogens with one attached hydrogen (secondary N) is 2. The van der Waals surface area contributed by atoms with Crippen molar-refractivity contribution in [2.45, 2.75) is 12.5 Å². The lowest BCUT2D eigenvalue weighted by atomic mass is 10.2. The van der Waals surface area contributed by atoms with Crippen LogP contribution in [0.1, 0.15) is 16.8 Å². The number of hydrogen-bond acceptors (Lipinski definition) is 5. The number of carbonyl (C=O) groups is 2. The summed E-state index contributed by atoms with van der Waals surface area (Å²) in [6, 6.07) is 1.41. The summed E-state index contributed by atoms with van der Waals surface area (Å²) in [6.45, 7) is 0.458. The van der Waals surface area contributed by atoms with Crippen molar-refractivity contribution < 1.29 is 9.59 Å². The summed E-state index contributed by atoms with van der Waals surface area (Å²) in [6.07, 6.45) is 1.85. The zero-order valence-electron chi connectivity index (χ0n) is 10.3. The van der Waals surface area contributed by atoms with Crippen molar-refractivity contribution in [1.29, 1.82) is 0 Å². The number of rotatable bonds is 2. The third-order valence-electron chi connectivity index (χ3n) is 3.05. The lowest BCUT2D eigenvalue weighted by Gasteiger charge is -2.10. The van der Waals surface area contributed by atoms with Crippen molar-refractivity contribution in [3.05, 3.63) is 17.8 Å². The van der Waals surface area contributed by atoms with Crippen molar-refractivity contribution in [2.24, 2.45) is 7.05 Å². The van der Waals surface area contributed by atoms with E-state index in [-0.39, 0.29) is 17.9 Å². The minimum atomic E-state index is -0.269. The number of fused-ring (bicyclic) bond motifs is 1. The molecule has 3 rings (SSSR count).